The van der Waals surface area contributed by atoms with Crippen LogP contribution in [-0.4, -0.2) is 55.4 Å². The lowest BCUT2D eigenvalue weighted by molar-refractivity contribution is -0.124. The Labute approximate surface area is 194 Å². The van der Waals surface area contributed by atoms with Crippen LogP contribution in [-0.2, 0) is 4.79 Å². The zero-order chi connectivity index (χ0) is 23.8. The molecule has 0 bridgehead atoms. The summed E-state index contributed by atoms with van der Waals surface area (Å²) in [6.07, 6.45) is 2.82. The number of carbonyl (C=O) groups excluding carboxylic acids is 3. The number of aryl methyl sites for hydroxylation is 1. The Hall–Kier alpha value is -3.61. The first kappa shape index (κ1) is 24.0. The zero-order valence-electron chi connectivity index (χ0n) is 19.2. The van der Waals surface area contributed by atoms with Gasteiger partial charge in [0.15, 0.2) is 0 Å². The molecule has 1 unspecified atom stereocenters. The van der Waals surface area contributed by atoms with Gasteiger partial charge in [0, 0.05) is 30.8 Å². The van der Waals surface area contributed by atoms with Gasteiger partial charge in [-0.3, -0.25) is 14.4 Å². The third-order valence-electron chi connectivity index (χ3n) is 5.88. The van der Waals surface area contributed by atoms with Gasteiger partial charge in [-0.25, -0.2) is 0 Å². The number of ether oxygens (including phenoxy) is 1. The number of hydrogen-bond donors (Lipinski definition) is 2. The molecule has 1 fully saturated rings. The summed E-state index contributed by atoms with van der Waals surface area (Å²) in [5.41, 5.74) is 2.06. The first-order valence-corrected chi connectivity index (χ1v) is 11.1. The number of amides is 3. The van der Waals surface area contributed by atoms with E-state index < -0.39 is 6.04 Å². The van der Waals surface area contributed by atoms with Crippen molar-refractivity contribution in [1.82, 2.24) is 15.5 Å². The molecule has 33 heavy (non-hydrogen) atoms. The van der Waals surface area contributed by atoms with Crippen LogP contribution in [0.5, 0.6) is 5.75 Å². The molecular formula is C26H31N3O4. The molecule has 174 valence electrons. The number of carbonyl (C=O) groups is 3. The topological polar surface area (TPSA) is 87.7 Å². The Morgan fingerprint density at radius 2 is 1.82 bits per heavy atom. The summed E-state index contributed by atoms with van der Waals surface area (Å²) in [6, 6.07) is 13.7. The van der Waals surface area contributed by atoms with Gasteiger partial charge in [-0.2, -0.15) is 0 Å². The van der Waals surface area contributed by atoms with E-state index in [9.17, 15) is 14.4 Å². The maximum Gasteiger partial charge on any atom is 0.253 e. The average molecular weight is 450 g/mol. The van der Waals surface area contributed by atoms with Crippen molar-refractivity contribution in [3.8, 4) is 5.75 Å². The molecule has 7 heteroatoms. The Bertz CT molecular complexity index is 1010. The van der Waals surface area contributed by atoms with Crippen LogP contribution in [0.4, 0.5) is 0 Å². The van der Waals surface area contributed by atoms with E-state index in [0.717, 1.165) is 5.56 Å². The van der Waals surface area contributed by atoms with Crippen LogP contribution in [0.1, 0.15) is 39.1 Å². The molecule has 1 saturated heterocycles. The summed E-state index contributed by atoms with van der Waals surface area (Å²) in [4.78, 5) is 40.4. The minimum atomic E-state index is -0.688. The fourth-order valence-corrected chi connectivity index (χ4v) is 4.07. The number of likely N-dealkylation sites (tertiary alicyclic amines) is 1. The molecule has 0 spiro atoms. The highest BCUT2D eigenvalue weighted by molar-refractivity contribution is 5.98. The number of piperidine rings is 1. The molecule has 1 aliphatic rings. The molecule has 2 aromatic carbocycles. The van der Waals surface area contributed by atoms with Crippen LogP contribution in [0.2, 0.25) is 0 Å². The molecular weight excluding hydrogens is 418 g/mol. The molecule has 2 N–H and O–H groups in total. The van der Waals surface area contributed by atoms with Crippen molar-refractivity contribution in [2.45, 2.75) is 25.8 Å². The Kier molecular flexibility index (Phi) is 8.24. The van der Waals surface area contributed by atoms with Gasteiger partial charge in [-0.15, -0.1) is 6.58 Å². The van der Waals surface area contributed by atoms with Crippen LogP contribution in [0.25, 0.3) is 0 Å². The monoisotopic (exact) mass is 449 g/mol. The minimum Gasteiger partial charge on any atom is -0.497 e. The standard InChI is InChI=1S/C26H31N3O4/c1-4-13-27-25(31)23(28-24(30)20-8-5-7-18(2)16-20)19-11-14-29(15-12-19)26(32)21-9-6-10-22(17-21)33-3/h4-10,16-17,19,23H,1,11-15H2,2-3H3,(H,27,31)(H,28,30). The summed E-state index contributed by atoms with van der Waals surface area (Å²) in [6.45, 7) is 6.89. The van der Waals surface area contributed by atoms with Crippen molar-refractivity contribution in [2.75, 3.05) is 26.7 Å². The van der Waals surface area contributed by atoms with Crippen LogP contribution < -0.4 is 15.4 Å². The van der Waals surface area contributed by atoms with Crippen molar-refractivity contribution in [3.05, 3.63) is 77.9 Å². The molecule has 0 radical (unpaired) electrons. The van der Waals surface area contributed by atoms with E-state index in [1.807, 2.05) is 19.1 Å². The van der Waals surface area contributed by atoms with Crippen LogP contribution in [0.3, 0.4) is 0 Å². The maximum absolute atomic E-state index is 12.9. The van der Waals surface area contributed by atoms with Gasteiger partial charge < -0.3 is 20.3 Å². The van der Waals surface area contributed by atoms with E-state index in [1.165, 1.54) is 0 Å². The van der Waals surface area contributed by atoms with Crippen molar-refractivity contribution in [2.24, 2.45) is 5.92 Å². The Morgan fingerprint density at radius 1 is 1.12 bits per heavy atom. The van der Waals surface area contributed by atoms with Gasteiger partial charge in [0.05, 0.1) is 7.11 Å². The summed E-state index contributed by atoms with van der Waals surface area (Å²) in [7, 11) is 1.57. The smallest absolute Gasteiger partial charge is 0.253 e. The lowest BCUT2D eigenvalue weighted by Gasteiger charge is -2.36. The van der Waals surface area contributed by atoms with Crippen molar-refractivity contribution in [1.29, 1.82) is 0 Å². The lowest BCUT2D eigenvalue weighted by atomic mass is 9.88. The largest absolute Gasteiger partial charge is 0.497 e. The van der Waals surface area contributed by atoms with E-state index in [1.54, 1.807) is 54.5 Å². The van der Waals surface area contributed by atoms with Crippen LogP contribution in [0.15, 0.2) is 61.2 Å². The molecule has 1 aliphatic heterocycles. The highest BCUT2D eigenvalue weighted by atomic mass is 16.5. The quantitative estimate of drug-likeness (QED) is 0.607. The number of hydrogen-bond acceptors (Lipinski definition) is 4. The summed E-state index contributed by atoms with van der Waals surface area (Å²) in [5, 5.41) is 5.73. The van der Waals surface area contributed by atoms with E-state index >= 15 is 0 Å². The number of nitrogens with zero attached hydrogens (tertiary/aromatic N) is 1. The number of benzene rings is 2. The highest BCUT2D eigenvalue weighted by Crippen LogP contribution is 2.24. The lowest BCUT2D eigenvalue weighted by Crippen LogP contribution is -2.53. The first-order valence-electron chi connectivity index (χ1n) is 11.1. The molecule has 0 aromatic heterocycles. The summed E-state index contributed by atoms with van der Waals surface area (Å²) >= 11 is 0. The summed E-state index contributed by atoms with van der Waals surface area (Å²) in [5.74, 6) is -0.0453. The first-order chi connectivity index (χ1) is 15.9. The van der Waals surface area contributed by atoms with Crippen LogP contribution in [0, 0.1) is 12.8 Å². The molecule has 3 rings (SSSR count). The Balaban J connectivity index is 1.69. The molecule has 0 aliphatic carbocycles. The molecule has 2 aromatic rings. The number of rotatable bonds is 8. The molecule has 0 saturated carbocycles. The SMILES string of the molecule is C=CCNC(=O)C(NC(=O)c1cccc(C)c1)C1CCN(C(=O)c2cccc(OC)c2)CC1. The number of methoxy groups -OCH3 is 1. The van der Waals surface area contributed by atoms with Gasteiger partial charge in [0.1, 0.15) is 11.8 Å². The fourth-order valence-electron chi connectivity index (χ4n) is 4.07. The second-order valence-corrected chi connectivity index (χ2v) is 8.22. The van der Waals surface area contributed by atoms with Gasteiger partial charge in [0.25, 0.3) is 11.8 Å². The third kappa shape index (κ3) is 6.22. The van der Waals surface area contributed by atoms with Gasteiger partial charge in [-0.1, -0.05) is 29.8 Å². The van der Waals surface area contributed by atoms with E-state index in [4.69, 9.17) is 4.74 Å². The number of nitrogens with one attached hydrogen (secondary N) is 2. The predicted octanol–water partition coefficient (Wildman–Crippen LogP) is 2.96. The second-order valence-electron chi connectivity index (χ2n) is 8.22. The predicted molar refractivity (Wildman–Crippen MR) is 127 cm³/mol. The summed E-state index contributed by atoms with van der Waals surface area (Å²) < 4.78 is 5.22. The maximum atomic E-state index is 12.9. The molecule has 7 nitrogen and oxygen atoms in total. The second kappa shape index (κ2) is 11.3. The van der Waals surface area contributed by atoms with E-state index in [-0.39, 0.29) is 23.6 Å². The van der Waals surface area contributed by atoms with Crippen molar-refractivity contribution in [3.63, 3.8) is 0 Å². The fraction of sp³-hybridized carbons (Fsp3) is 0.346. The van der Waals surface area contributed by atoms with Gasteiger partial charge in [0.2, 0.25) is 5.91 Å². The van der Waals surface area contributed by atoms with E-state index in [2.05, 4.69) is 17.2 Å². The van der Waals surface area contributed by atoms with Gasteiger partial charge in [-0.05, 0) is 56.0 Å². The molecule has 1 atom stereocenters. The van der Waals surface area contributed by atoms with Crippen LogP contribution >= 0.6 is 0 Å². The van der Waals surface area contributed by atoms with Crippen molar-refractivity contribution < 1.29 is 19.1 Å². The van der Waals surface area contributed by atoms with Gasteiger partial charge >= 0.3 is 0 Å². The molecule has 1 heterocycles. The van der Waals surface area contributed by atoms with E-state index in [0.29, 0.717) is 49.4 Å². The minimum absolute atomic E-state index is 0.0659. The Morgan fingerprint density at radius 3 is 2.48 bits per heavy atom. The highest BCUT2D eigenvalue weighted by Gasteiger charge is 2.34. The average Bonchev–Trinajstić information content (AvgIpc) is 2.85. The molecule has 3 amide bonds. The third-order valence-corrected chi connectivity index (χ3v) is 5.88. The van der Waals surface area contributed by atoms with Crippen molar-refractivity contribution >= 4 is 17.7 Å². The normalized spacial score (nSPS) is 14.8. The zero-order valence-corrected chi connectivity index (χ0v) is 19.2.